The summed E-state index contributed by atoms with van der Waals surface area (Å²) < 4.78 is 0. The summed E-state index contributed by atoms with van der Waals surface area (Å²) >= 11 is 0. The zero-order valence-corrected chi connectivity index (χ0v) is 9.46. The Bertz CT molecular complexity index is 260. The van der Waals surface area contributed by atoms with Crippen LogP contribution < -0.4 is 0 Å². The zero-order chi connectivity index (χ0) is 13.8. The van der Waals surface area contributed by atoms with Gasteiger partial charge >= 0.3 is 11.9 Å². The van der Waals surface area contributed by atoms with Gasteiger partial charge in [0.05, 0.1) is 6.61 Å². The first-order valence-electron chi connectivity index (χ1n) is 4.48. The molecule has 98 valence electrons. The molecule has 3 N–H and O–H groups in total. The summed E-state index contributed by atoms with van der Waals surface area (Å²) in [4.78, 5) is 28.1. The highest BCUT2D eigenvalue weighted by Gasteiger charge is 2.03. The number of aliphatic hydroxyl groups excluding tert-OH is 2. The normalized spacial score (nSPS) is 10.5. The molecule has 0 aliphatic heterocycles. The quantitative estimate of drug-likeness (QED) is 0.334. The van der Waals surface area contributed by atoms with Crippen molar-refractivity contribution in [1.29, 1.82) is 0 Å². The average molecular weight is 248 g/mol. The molecule has 0 aromatic carbocycles. The van der Waals surface area contributed by atoms with E-state index in [1.54, 1.807) is 0 Å². The molecule has 17 heavy (non-hydrogen) atoms. The van der Waals surface area contributed by atoms with E-state index in [9.17, 15) is 9.59 Å². The molecule has 0 radical (unpaired) electrons. The van der Waals surface area contributed by atoms with Crippen molar-refractivity contribution in [2.45, 2.75) is 13.0 Å². The molecule has 0 fully saturated rings. The third kappa shape index (κ3) is 14.3. The number of carbonyl (C=O) groups is 2. The minimum Gasteiger partial charge on any atom is -0.478 e. The van der Waals surface area contributed by atoms with Crippen molar-refractivity contribution in [3.8, 4) is 0 Å². The Labute approximate surface area is 98.5 Å². The Morgan fingerprint density at radius 3 is 2.24 bits per heavy atom. The van der Waals surface area contributed by atoms with E-state index >= 15 is 0 Å². The number of rotatable bonds is 6. The maximum atomic E-state index is 10.3. The molecule has 0 amide bonds. The second-order valence-electron chi connectivity index (χ2n) is 2.81. The van der Waals surface area contributed by atoms with E-state index in [1.165, 1.54) is 6.92 Å². The van der Waals surface area contributed by atoms with Gasteiger partial charge in [-0.25, -0.2) is 9.59 Å². The summed E-state index contributed by atoms with van der Waals surface area (Å²) in [5.41, 5.74) is 0.176. The third-order valence-corrected chi connectivity index (χ3v) is 1.14. The van der Waals surface area contributed by atoms with E-state index in [4.69, 9.17) is 15.3 Å². The van der Waals surface area contributed by atoms with Crippen LogP contribution >= 0.6 is 0 Å². The molecule has 0 aliphatic carbocycles. The SMILES string of the molecule is C=C(C)C(=O)O.C=CC(=O)OOCC(O)CO. The van der Waals surface area contributed by atoms with E-state index in [0.29, 0.717) is 0 Å². The van der Waals surface area contributed by atoms with Crippen LogP contribution in [0.2, 0.25) is 0 Å². The maximum absolute atomic E-state index is 10.3. The van der Waals surface area contributed by atoms with Crippen LogP contribution in [0, 0.1) is 0 Å². The molecule has 0 spiro atoms. The van der Waals surface area contributed by atoms with Gasteiger partial charge in [0.1, 0.15) is 12.7 Å². The fraction of sp³-hybridized carbons (Fsp3) is 0.400. The van der Waals surface area contributed by atoms with Gasteiger partial charge in [-0.1, -0.05) is 13.2 Å². The first-order chi connectivity index (χ1) is 7.84. The first-order valence-corrected chi connectivity index (χ1v) is 4.48. The van der Waals surface area contributed by atoms with Gasteiger partial charge in [0.2, 0.25) is 0 Å². The fourth-order valence-corrected chi connectivity index (χ4v) is 0.257. The summed E-state index contributed by atoms with van der Waals surface area (Å²) in [7, 11) is 0. The van der Waals surface area contributed by atoms with Gasteiger partial charge in [0, 0.05) is 11.6 Å². The number of aliphatic hydroxyl groups is 2. The molecule has 0 saturated heterocycles. The molecular formula is C10H16O7. The molecular weight excluding hydrogens is 232 g/mol. The second-order valence-corrected chi connectivity index (χ2v) is 2.81. The van der Waals surface area contributed by atoms with Crippen LogP contribution in [0.4, 0.5) is 0 Å². The van der Waals surface area contributed by atoms with Crippen molar-refractivity contribution in [2.75, 3.05) is 13.2 Å². The molecule has 1 unspecified atom stereocenters. The third-order valence-electron chi connectivity index (χ3n) is 1.14. The fourth-order valence-electron chi connectivity index (χ4n) is 0.257. The first kappa shape index (κ1) is 17.7. The summed E-state index contributed by atoms with van der Waals surface area (Å²) in [6.45, 7) is 7.02. The van der Waals surface area contributed by atoms with Gasteiger partial charge in [-0.2, -0.15) is 4.89 Å². The summed E-state index contributed by atoms with van der Waals surface area (Å²) in [5.74, 6) is -1.68. The number of aliphatic carboxylic acids is 1. The van der Waals surface area contributed by atoms with Gasteiger partial charge in [-0.3, -0.25) is 4.89 Å². The van der Waals surface area contributed by atoms with Crippen LogP contribution in [0.3, 0.4) is 0 Å². The van der Waals surface area contributed by atoms with Gasteiger partial charge in [-0.15, -0.1) is 0 Å². The van der Waals surface area contributed by atoms with Crippen LogP contribution in [0.1, 0.15) is 6.92 Å². The van der Waals surface area contributed by atoms with Gasteiger partial charge in [-0.05, 0) is 6.92 Å². The monoisotopic (exact) mass is 248 g/mol. The van der Waals surface area contributed by atoms with Gasteiger partial charge < -0.3 is 15.3 Å². The molecule has 7 nitrogen and oxygen atoms in total. The van der Waals surface area contributed by atoms with Crippen LogP contribution in [0.15, 0.2) is 24.8 Å². The highest BCUT2D eigenvalue weighted by molar-refractivity contribution is 5.84. The number of carbonyl (C=O) groups excluding carboxylic acids is 1. The van der Waals surface area contributed by atoms with Crippen LogP contribution in [0.25, 0.3) is 0 Å². The smallest absolute Gasteiger partial charge is 0.365 e. The predicted octanol–water partition coefficient (Wildman–Crippen LogP) is -0.353. The number of carboxylic acid groups (broad SMARTS) is 1. The average Bonchev–Trinajstić information content (AvgIpc) is 2.29. The van der Waals surface area contributed by atoms with Crippen molar-refractivity contribution in [3.05, 3.63) is 24.8 Å². The molecule has 7 heteroatoms. The summed E-state index contributed by atoms with van der Waals surface area (Å²) in [6.07, 6.45) is -0.113. The van der Waals surface area contributed by atoms with Crippen molar-refractivity contribution in [2.24, 2.45) is 0 Å². The molecule has 0 saturated carbocycles. The van der Waals surface area contributed by atoms with Crippen molar-refractivity contribution < 1.29 is 34.7 Å². The Hall–Kier alpha value is -1.70. The Balaban J connectivity index is 0. The minimum absolute atomic E-state index is 0.176. The lowest BCUT2D eigenvalue weighted by atomic mass is 10.4. The standard InChI is InChI=1S/C6H10O5.C4H6O2/c1-2-6(9)11-10-4-5(8)3-7;1-3(2)4(5)6/h2,5,7-8H,1,3-4H2;1H2,2H3,(H,5,6). The Morgan fingerprint density at radius 1 is 1.47 bits per heavy atom. The van der Waals surface area contributed by atoms with Crippen LogP contribution in [-0.4, -0.2) is 46.6 Å². The van der Waals surface area contributed by atoms with Gasteiger partial charge in [0.15, 0.2) is 0 Å². The molecule has 0 aliphatic rings. The number of hydrogen-bond donors (Lipinski definition) is 3. The molecule has 1 atom stereocenters. The molecule has 0 aromatic heterocycles. The van der Waals surface area contributed by atoms with Crippen LogP contribution in [0.5, 0.6) is 0 Å². The Morgan fingerprint density at radius 2 is 1.94 bits per heavy atom. The van der Waals surface area contributed by atoms with E-state index < -0.39 is 24.6 Å². The summed E-state index contributed by atoms with van der Waals surface area (Å²) in [5, 5.41) is 24.8. The molecule has 0 rings (SSSR count). The highest BCUT2D eigenvalue weighted by atomic mass is 17.2. The molecule has 0 bridgehead atoms. The number of hydrogen-bond acceptors (Lipinski definition) is 6. The molecule has 0 heterocycles. The topological polar surface area (TPSA) is 113 Å². The lowest BCUT2D eigenvalue weighted by molar-refractivity contribution is -0.278. The van der Waals surface area contributed by atoms with E-state index in [0.717, 1.165) is 6.08 Å². The largest absolute Gasteiger partial charge is 0.478 e. The van der Waals surface area contributed by atoms with E-state index in [-0.39, 0.29) is 12.2 Å². The Kier molecular flexibility index (Phi) is 11.2. The van der Waals surface area contributed by atoms with E-state index in [1.807, 2.05) is 0 Å². The van der Waals surface area contributed by atoms with Crippen molar-refractivity contribution >= 4 is 11.9 Å². The van der Waals surface area contributed by atoms with Crippen molar-refractivity contribution in [3.63, 3.8) is 0 Å². The maximum Gasteiger partial charge on any atom is 0.365 e. The lowest BCUT2D eigenvalue weighted by Gasteiger charge is -2.04. The summed E-state index contributed by atoms with van der Waals surface area (Å²) in [6, 6.07) is 0. The van der Waals surface area contributed by atoms with Crippen LogP contribution in [-0.2, 0) is 19.4 Å². The van der Waals surface area contributed by atoms with Gasteiger partial charge in [0.25, 0.3) is 0 Å². The minimum atomic E-state index is -1.03. The number of carboxylic acids is 1. The highest BCUT2D eigenvalue weighted by Crippen LogP contribution is 1.86. The lowest BCUT2D eigenvalue weighted by Crippen LogP contribution is -2.20. The molecule has 0 aromatic rings. The predicted molar refractivity (Wildman–Crippen MR) is 57.8 cm³/mol. The second kappa shape index (κ2) is 10.8. The zero-order valence-electron chi connectivity index (χ0n) is 9.46. The van der Waals surface area contributed by atoms with E-state index in [2.05, 4.69) is 22.9 Å². The van der Waals surface area contributed by atoms with Crippen molar-refractivity contribution in [1.82, 2.24) is 0 Å².